The molecule has 6 unspecified atom stereocenters. The van der Waals surface area contributed by atoms with Gasteiger partial charge in [-0.2, -0.15) is 23.5 Å². The van der Waals surface area contributed by atoms with E-state index < -0.39 is 0 Å². The number of guanidine groups is 2. The van der Waals surface area contributed by atoms with Gasteiger partial charge >= 0.3 is 0 Å². The second-order valence-corrected chi connectivity index (χ2v) is 22.5. The number of aliphatic imine (C=N–C) groups is 2. The number of terminal acetylenes is 1. The van der Waals surface area contributed by atoms with E-state index >= 15 is 0 Å². The number of benzene rings is 1. The fourth-order valence-corrected chi connectivity index (χ4v) is 13.0. The summed E-state index contributed by atoms with van der Waals surface area (Å²) in [6, 6.07) is 9.48. The number of nitrogens with two attached hydrogens (primary N) is 2. The first kappa shape index (κ1) is 59.2. The molecule has 6 atom stereocenters. The number of nitrogens with zero attached hydrogens (tertiary/aromatic N) is 3. The van der Waals surface area contributed by atoms with Crippen molar-refractivity contribution in [1.82, 2.24) is 20.9 Å². The van der Waals surface area contributed by atoms with Crippen LogP contribution in [0.25, 0.3) is 0 Å². The summed E-state index contributed by atoms with van der Waals surface area (Å²) in [5.41, 5.74) is 13.7. The molecule has 17 heteroatoms. The number of nitrogens with one attached hydrogen (secondary N) is 3. The van der Waals surface area contributed by atoms with Crippen molar-refractivity contribution in [2.75, 3.05) is 70.8 Å². The monoisotopic (exact) mass is 1040 g/mol. The van der Waals surface area contributed by atoms with Crippen LogP contribution in [0.1, 0.15) is 164 Å². The highest BCUT2D eigenvalue weighted by Crippen LogP contribution is 2.36. The molecule has 4 heterocycles. The van der Waals surface area contributed by atoms with Gasteiger partial charge in [0.25, 0.3) is 0 Å². The number of carbonyl (C=O) groups is 4. The number of Topliss-reactive ketones (excluding diaryl/α,β-unsaturated/α-hetero) is 3. The third-order valence-corrected chi connectivity index (χ3v) is 17.0. The van der Waals surface area contributed by atoms with Crippen molar-refractivity contribution in [3.8, 4) is 12.3 Å². The molecule has 0 spiro atoms. The van der Waals surface area contributed by atoms with Gasteiger partial charge in [0.15, 0.2) is 17.7 Å². The lowest BCUT2D eigenvalue weighted by Gasteiger charge is -2.23. The number of rotatable bonds is 43. The molecule has 72 heavy (non-hydrogen) atoms. The molecule has 0 bridgehead atoms. The molecule has 5 rings (SSSR count). The maximum Gasteiger partial charge on any atom is 0.223 e. The fraction of sp³-hybridized carbons (Fsp3) is 0.745. The average molecular weight is 1040 g/mol. The molecule has 15 nitrogen and oxygen atoms in total. The van der Waals surface area contributed by atoms with Gasteiger partial charge in [-0.1, -0.05) is 81.6 Å². The molecule has 0 saturated carbocycles. The highest BCUT2D eigenvalue weighted by atomic mass is 32.2. The summed E-state index contributed by atoms with van der Waals surface area (Å²) in [6.45, 7) is 5.61. The molecule has 1 amide bonds. The molecule has 0 aromatic heterocycles. The Morgan fingerprint density at radius 3 is 1.61 bits per heavy atom. The molecule has 402 valence electrons. The van der Waals surface area contributed by atoms with Crippen molar-refractivity contribution in [1.29, 1.82) is 0 Å². The third-order valence-electron chi connectivity index (χ3n) is 14.0. The lowest BCUT2D eigenvalue weighted by molar-refractivity contribution is -0.122. The second kappa shape index (κ2) is 35.5. The number of unbranched alkanes of at least 4 members (excludes halogenated alkanes) is 10. The predicted octanol–water partition coefficient (Wildman–Crippen LogP) is 7.12. The summed E-state index contributed by atoms with van der Waals surface area (Å²) < 4.78 is 16.6. The zero-order valence-electron chi connectivity index (χ0n) is 43.3. The van der Waals surface area contributed by atoms with Gasteiger partial charge in [-0.25, -0.2) is 9.98 Å². The maximum absolute atomic E-state index is 13.0. The molecular weight excluding hydrogens is 949 g/mol. The molecule has 2 fully saturated rings. The number of carbonyl (C=O) groups excluding carboxylic acids is 4. The highest BCUT2D eigenvalue weighted by molar-refractivity contribution is 8.00. The smallest absolute Gasteiger partial charge is 0.223 e. The van der Waals surface area contributed by atoms with Crippen LogP contribution in [0, 0.1) is 12.3 Å². The minimum Gasteiger partial charge on any atom is -0.379 e. The number of fused-ring (bicyclic) bond motifs is 2. The van der Waals surface area contributed by atoms with Crippen LogP contribution in [-0.4, -0.2) is 146 Å². The van der Waals surface area contributed by atoms with E-state index in [1.807, 2.05) is 35.7 Å². The molecule has 0 aliphatic carbocycles. The summed E-state index contributed by atoms with van der Waals surface area (Å²) >= 11 is 3.98. The quantitative estimate of drug-likeness (QED) is 0.0251. The topological polar surface area (TPSA) is 212 Å². The lowest BCUT2D eigenvalue weighted by Crippen LogP contribution is -2.38. The Hall–Kier alpha value is -3.66. The van der Waals surface area contributed by atoms with Crippen LogP contribution in [0.2, 0.25) is 0 Å². The first-order valence-electron chi connectivity index (χ1n) is 27.4. The molecule has 2 saturated heterocycles. The highest BCUT2D eigenvalue weighted by Gasteiger charge is 2.41. The van der Waals surface area contributed by atoms with E-state index in [-0.39, 0.29) is 24.7 Å². The van der Waals surface area contributed by atoms with E-state index in [4.69, 9.17) is 32.1 Å². The molecule has 1 aromatic carbocycles. The zero-order valence-corrected chi connectivity index (χ0v) is 44.9. The molecular formula is C55H88N8O7S2. The zero-order chi connectivity index (χ0) is 51.0. The summed E-state index contributed by atoms with van der Waals surface area (Å²) in [5.74, 6) is 6.44. The standard InChI is InChI=1S/C55H88N8O7S2/c1-2-30-58-51(67)29-34-69-36-38-70-37-35-68-33-17-22-48(66)43-27-25-42(26-28-43)39-63(31-15-7-3-5-9-18-44(64)20-11-13-23-49-52-46(40-71-49)59-54(56)61-52)32-16-8-4-6-10-19-45(65)21-12-14-24-50-53-47(41-72-50)60-55(57)62-53/h1,25-28,46-47,49-50,52-53H,3-24,29-41H2,(H,58,67)(H3,56,59,61)(H3,57,60,62). The van der Waals surface area contributed by atoms with Gasteiger partial charge in [-0.05, 0) is 76.4 Å². The maximum atomic E-state index is 13.0. The Balaban J connectivity index is 0.911. The van der Waals surface area contributed by atoms with Gasteiger partial charge in [0.05, 0.1) is 63.7 Å². The SMILES string of the molecule is C#CCNC(=O)CCOCCOCCOCCCC(=O)c1ccc(CN(CCCCCCCC(=O)CCCCC2SCC3NC(N)=NC32)CCCCCCCC(=O)CCCCC2SCC3NC(N)=NC32)cc1. The fourth-order valence-electron chi connectivity index (χ4n) is 9.96. The van der Waals surface area contributed by atoms with Gasteiger partial charge < -0.3 is 41.6 Å². The number of thioether (sulfide) groups is 2. The normalized spacial score (nSPS) is 20.9. The van der Waals surface area contributed by atoms with Crippen molar-refractivity contribution in [2.45, 2.75) is 189 Å². The Bertz CT molecular complexity index is 1790. The molecule has 7 N–H and O–H groups in total. The van der Waals surface area contributed by atoms with Gasteiger partial charge in [0.2, 0.25) is 5.91 Å². The van der Waals surface area contributed by atoms with Crippen molar-refractivity contribution in [3.63, 3.8) is 0 Å². The number of ether oxygens (including phenoxy) is 3. The van der Waals surface area contributed by atoms with Crippen molar-refractivity contribution < 1.29 is 33.4 Å². The Morgan fingerprint density at radius 2 is 1.08 bits per heavy atom. The van der Waals surface area contributed by atoms with Crippen LogP contribution >= 0.6 is 23.5 Å². The summed E-state index contributed by atoms with van der Waals surface area (Å²) in [6.07, 6.45) is 26.5. The van der Waals surface area contributed by atoms with Gasteiger partial charge in [-0.3, -0.25) is 24.1 Å². The van der Waals surface area contributed by atoms with E-state index in [1.54, 1.807) is 0 Å². The molecule has 1 aromatic rings. The van der Waals surface area contributed by atoms with Gasteiger partial charge in [0, 0.05) is 79.2 Å². The van der Waals surface area contributed by atoms with Crippen LogP contribution in [0.3, 0.4) is 0 Å². The van der Waals surface area contributed by atoms with Crippen molar-refractivity contribution in [2.24, 2.45) is 21.5 Å². The first-order chi connectivity index (χ1) is 35.2. The summed E-state index contributed by atoms with van der Waals surface area (Å²) in [7, 11) is 0. The molecule has 0 radical (unpaired) electrons. The number of hydrogen-bond donors (Lipinski definition) is 5. The van der Waals surface area contributed by atoms with Crippen LogP contribution in [-0.2, 0) is 35.1 Å². The number of amides is 1. The van der Waals surface area contributed by atoms with E-state index in [0.717, 1.165) is 139 Å². The second-order valence-electron chi connectivity index (χ2n) is 19.9. The largest absolute Gasteiger partial charge is 0.379 e. The lowest BCUT2D eigenvalue weighted by atomic mass is 10.0. The summed E-state index contributed by atoms with van der Waals surface area (Å²) in [4.78, 5) is 61.5. The van der Waals surface area contributed by atoms with Gasteiger partial charge in [-0.15, -0.1) is 6.42 Å². The van der Waals surface area contributed by atoms with Crippen LogP contribution in [0.5, 0.6) is 0 Å². The Morgan fingerprint density at radius 1 is 0.611 bits per heavy atom. The average Bonchev–Trinajstić information content (AvgIpc) is 4.14. The van der Waals surface area contributed by atoms with Crippen molar-refractivity contribution in [3.05, 3.63) is 35.4 Å². The number of hydrogen-bond acceptors (Lipinski definition) is 16. The Kier molecular flexibility index (Phi) is 29.2. The molecule has 4 aliphatic heterocycles. The minimum atomic E-state index is -0.134. The van der Waals surface area contributed by atoms with E-state index in [1.165, 1.54) is 5.56 Å². The van der Waals surface area contributed by atoms with Crippen LogP contribution < -0.4 is 27.4 Å². The van der Waals surface area contributed by atoms with E-state index in [9.17, 15) is 19.2 Å². The minimum absolute atomic E-state index is 0.118. The third kappa shape index (κ3) is 23.7. The van der Waals surface area contributed by atoms with Crippen molar-refractivity contribution >= 4 is 58.7 Å². The molecule has 4 aliphatic rings. The van der Waals surface area contributed by atoms with Crippen LogP contribution in [0.4, 0.5) is 0 Å². The Labute approximate surface area is 439 Å². The first-order valence-corrected chi connectivity index (χ1v) is 29.5. The van der Waals surface area contributed by atoms with E-state index in [0.29, 0.717) is 136 Å². The summed E-state index contributed by atoms with van der Waals surface area (Å²) in [5, 5.41) is 10.2. The van der Waals surface area contributed by atoms with Gasteiger partial charge in [0.1, 0.15) is 11.6 Å². The predicted molar refractivity (Wildman–Crippen MR) is 294 cm³/mol. The number of ketones is 3. The van der Waals surface area contributed by atoms with E-state index in [2.05, 4.69) is 48.9 Å². The van der Waals surface area contributed by atoms with Crippen LogP contribution in [0.15, 0.2) is 34.3 Å².